The first-order chi connectivity index (χ1) is 11.1. The zero-order chi connectivity index (χ0) is 16.2. The lowest BCUT2D eigenvalue weighted by molar-refractivity contribution is -0.138. The van der Waals surface area contributed by atoms with Crippen LogP contribution in [0.15, 0.2) is 24.5 Å². The molecule has 126 valence electrons. The molecule has 1 amide bonds. The number of rotatable bonds is 4. The Morgan fingerprint density at radius 3 is 3.04 bits per heavy atom. The van der Waals surface area contributed by atoms with E-state index in [0.717, 1.165) is 19.5 Å². The van der Waals surface area contributed by atoms with Crippen LogP contribution >= 0.6 is 0 Å². The fourth-order valence-corrected chi connectivity index (χ4v) is 3.60. The molecule has 3 heterocycles. The number of carbonyl (C=O) groups excluding carboxylic acids is 1. The van der Waals surface area contributed by atoms with Crippen LogP contribution < -0.4 is 5.32 Å². The number of nitrogens with zero attached hydrogens (tertiary/aromatic N) is 3. The molecule has 0 bridgehead atoms. The van der Waals surface area contributed by atoms with E-state index in [1.54, 1.807) is 6.20 Å². The summed E-state index contributed by atoms with van der Waals surface area (Å²) in [4.78, 5) is 21.1. The van der Waals surface area contributed by atoms with Crippen LogP contribution in [0.25, 0.3) is 0 Å². The van der Waals surface area contributed by atoms with Gasteiger partial charge in [0.15, 0.2) is 0 Å². The molecule has 23 heavy (non-hydrogen) atoms. The van der Waals surface area contributed by atoms with E-state index < -0.39 is 0 Å². The summed E-state index contributed by atoms with van der Waals surface area (Å²) in [5, 5.41) is 3.10. The number of hydrogen-bond acceptors (Lipinski definition) is 5. The predicted octanol–water partition coefficient (Wildman–Crippen LogP) is 0.521. The molecule has 6 heteroatoms. The fourth-order valence-electron chi connectivity index (χ4n) is 3.60. The molecule has 3 rings (SSSR count). The molecule has 0 aromatic carbocycles. The highest BCUT2D eigenvalue weighted by Crippen LogP contribution is 2.35. The average molecular weight is 318 g/mol. The summed E-state index contributed by atoms with van der Waals surface area (Å²) in [6.07, 6.45) is 4.47. The van der Waals surface area contributed by atoms with Gasteiger partial charge >= 0.3 is 0 Å². The first kappa shape index (κ1) is 16.4. The molecule has 0 aliphatic carbocycles. The van der Waals surface area contributed by atoms with Gasteiger partial charge in [-0.05, 0) is 44.6 Å². The second-order valence-electron chi connectivity index (χ2n) is 6.63. The maximum Gasteiger partial charge on any atom is 0.250 e. The average Bonchev–Trinajstić information content (AvgIpc) is 2.94. The van der Waals surface area contributed by atoms with Gasteiger partial charge in [0.1, 0.15) is 6.10 Å². The van der Waals surface area contributed by atoms with Crippen molar-refractivity contribution in [3.8, 4) is 0 Å². The first-order valence-electron chi connectivity index (χ1n) is 8.33. The van der Waals surface area contributed by atoms with Gasteiger partial charge in [0.05, 0.1) is 6.61 Å². The van der Waals surface area contributed by atoms with Gasteiger partial charge in [0, 0.05) is 38.1 Å². The van der Waals surface area contributed by atoms with E-state index in [4.69, 9.17) is 4.74 Å². The third-order valence-corrected chi connectivity index (χ3v) is 4.90. The van der Waals surface area contributed by atoms with Crippen LogP contribution in [0.5, 0.6) is 0 Å². The van der Waals surface area contributed by atoms with Gasteiger partial charge in [-0.2, -0.15) is 0 Å². The highest BCUT2D eigenvalue weighted by Gasteiger charge is 2.34. The van der Waals surface area contributed by atoms with Gasteiger partial charge in [0.2, 0.25) is 5.91 Å². The van der Waals surface area contributed by atoms with Gasteiger partial charge in [-0.1, -0.05) is 6.07 Å². The van der Waals surface area contributed by atoms with Crippen LogP contribution in [0.1, 0.15) is 18.0 Å². The summed E-state index contributed by atoms with van der Waals surface area (Å²) in [6, 6.07) is 4.41. The summed E-state index contributed by atoms with van der Waals surface area (Å²) in [6.45, 7) is 3.91. The monoisotopic (exact) mass is 318 g/mol. The topological polar surface area (TPSA) is 57.7 Å². The summed E-state index contributed by atoms with van der Waals surface area (Å²) in [5.41, 5.74) is 1.22. The number of morpholine rings is 1. The van der Waals surface area contributed by atoms with Crippen molar-refractivity contribution < 1.29 is 9.53 Å². The number of hydrogen-bond donors (Lipinski definition) is 1. The Hall–Kier alpha value is -1.50. The maximum absolute atomic E-state index is 12.3. The number of aromatic nitrogens is 1. The van der Waals surface area contributed by atoms with Crippen molar-refractivity contribution in [1.82, 2.24) is 20.1 Å². The van der Waals surface area contributed by atoms with Crippen LogP contribution in [0.2, 0.25) is 0 Å². The molecule has 0 radical (unpaired) electrons. The fraction of sp³-hybridized carbons (Fsp3) is 0.647. The molecule has 0 saturated carbocycles. The predicted molar refractivity (Wildman–Crippen MR) is 88.0 cm³/mol. The quantitative estimate of drug-likeness (QED) is 0.877. The van der Waals surface area contributed by atoms with Crippen molar-refractivity contribution in [2.24, 2.45) is 5.92 Å². The number of pyridine rings is 1. The molecular weight excluding hydrogens is 292 g/mol. The minimum atomic E-state index is -0.343. The smallest absolute Gasteiger partial charge is 0.250 e. The van der Waals surface area contributed by atoms with E-state index in [2.05, 4.69) is 33.2 Å². The first-order valence-corrected chi connectivity index (χ1v) is 8.33. The van der Waals surface area contributed by atoms with Crippen LogP contribution in [0.4, 0.5) is 0 Å². The lowest BCUT2D eigenvalue weighted by Crippen LogP contribution is -2.49. The van der Waals surface area contributed by atoms with Crippen molar-refractivity contribution in [3.05, 3.63) is 30.1 Å². The van der Waals surface area contributed by atoms with Crippen molar-refractivity contribution in [2.45, 2.75) is 18.6 Å². The van der Waals surface area contributed by atoms with Crippen LogP contribution in [0.3, 0.4) is 0 Å². The molecule has 2 saturated heterocycles. The molecule has 0 spiro atoms. The van der Waals surface area contributed by atoms with Gasteiger partial charge in [-0.3, -0.25) is 14.7 Å². The SMILES string of the molecule is CN1CCOC(C(=O)NC[C@@H]2CCN(C)[C@H]2c2cccnc2)C1. The second kappa shape index (κ2) is 7.38. The van der Waals surface area contributed by atoms with E-state index in [0.29, 0.717) is 31.7 Å². The molecule has 1 N–H and O–H groups in total. The Balaban J connectivity index is 1.57. The third-order valence-electron chi connectivity index (χ3n) is 4.90. The van der Waals surface area contributed by atoms with Crippen molar-refractivity contribution in [2.75, 3.05) is 46.9 Å². The normalized spacial score (nSPS) is 29.6. The molecular formula is C17H26N4O2. The molecule has 2 fully saturated rings. The summed E-state index contributed by atoms with van der Waals surface area (Å²) in [7, 11) is 4.16. The molecule has 2 aliphatic rings. The van der Waals surface area contributed by atoms with E-state index in [-0.39, 0.29) is 12.0 Å². The van der Waals surface area contributed by atoms with E-state index in [9.17, 15) is 4.79 Å². The Bertz CT molecular complexity index is 525. The third kappa shape index (κ3) is 3.88. The minimum absolute atomic E-state index is 0.0102. The summed E-state index contributed by atoms with van der Waals surface area (Å²) in [5.74, 6) is 0.422. The minimum Gasteiger partial charge on any atom is -0.366 e. The van der Waals surface area contributed by atoms with Gasteiger partial charge in [0.25, 0.3) is 0 Å². The number of amides is 1. The number of carbonyl (C=O) groups is 1. The Morgan fingerprint density at radius 2 is 2.30 bits per heavy atom. The largest absolute Gasteiger partial charge is 0.366 e. The Kier molecular flexibility index (Phi) is 5.25. The van der Waals surface area contributed by atoms with E-state index in [1.807, 2.05) is 19.3 Å². The van der Waals surface area contributed by atoms with Crippen molar-refractivity contribution in [3.63, 3.8) is 0 Å². The second-order valence-corrected chi connectivity index (χ2v) is 6.63. The standard InChI is InChI=1S/C17H26N4O2/c1-20-8-9-23-15(12-20)17(22)19-11-14-5-7-21(2)16(14)13-4-3-6-18-10-13/h3-4,6,10,14-16H,5,7-9,11-12H2,1-2H3,(H,19,22)/t14-,15?,16-/m0/s1. The molecule has 2 aliphatic heterocycles. The van der Waals surface area contributed by atoms with Crippen LogP contribution in [-0.2, 0) is 9.53 Å². The van der Waals surface area contributed by atoms with Crippen LogP contribution in [-0.4, -0.2) is 73.7 Å². The molecule has 3 atom stereocenters. The highest BCUT2D eigenvalue weighted by molar-refractivity contribution is 5.81. The van der Waals surface area contributed by atoms with Crippen molar-refractivity contribution >= 4 is 5.91 Å². The van der Waals surface area contributed by atoms with E-state index >= 15 is 0 Å². The molecule has 1 unspecified atom stereocenters. The van der Waals surface area contributed by atoms with Gasteiger partial charge in [-0.15, -0.1) is 0 Å². The lowest BCUT2D eigenvalue weighted by Gasteiger charge is -2.30. The van der Waals surface area contributed by atoms with Gasteiger partial charge in [-0.25, -0.2) is 0 Å². The number of nitrogens with one attached hydrogen (secondary N) is 1. The zero-order valence-corrected chi connectivity index (χ0v) is 13.9. The number of likely N-dealkylation sites (tertiary alicyclic amines) is 1. The molecule has 1 aromatic rings. The van der Waals surface area contributed by atoms with Crippen molar-refractivity contribution in [1.29, 1.82) is 0 Å². The number of ether oxygens (including phenoxy) is 1. The Morgan fingerprint density at radius 1 is 1.43 bits per heavy atom. The lowest BCUT2D eigenvalue weighted by atomic mass is 9.94. The number of likely N-dealkylation sites (N-methyl/N-ethyl adjacent to an activating group) is 1. The highest BCUT2D eigenvalue weighted by atomic mass is 16.5. The van der Waals surface area contributed by atoms with Gasteiger partial charge < -0.3 is 15.0 Å². The molecule has 6 nitrogen and oxygen atoms in total. The maximum atomic E-state index is 12.3. The summed E-state index contributed by atoms with van der Waals surface area (Å²) < 4.78 is 5.58. The van der Waals surface area contributed by atoms with E-state index in [1.165, 1.54) is 5.56 Å². The summed E-state index contributed by atoms with van der Waals surface area (Å²) >= 11 is 0. The Labute approximate surface area is 137 Å². The zero-order valence-electron chi connectivity index (χ0n) is 13.9. The van der Waals surface area contributed by atoms with Crippen LogP contribution in [0, 0.1) is 5.92 Å². The molecule has 1 aromatic heterocycles.